The van der Waals surface area contributed by atoms with E-state index < -0.39 is 5.79 Å². The van der Waals surface area contributed by atoms with Crippen molar-refractivity contribution in [2.24, 2.45) is 0 Å². The van der Waals surface area contributed by atoms with Crippen molar-refractivity contribution < 1.29 is 14.2 Å². The van der Waals surface area contributed by atoms with Crippen molar-refractivity contribution in [2.75, 3.05) is 19.8 Å². The number of rotatable bonds is 10. The zero-order chi connectivity index (χ0) is 15.6. The van der Waals surface area contributed by atoms with Crippen LogP contribution in [0.1, 0.15) is 19.8 Å². The van der Waals surface area contributed by atoms with Gasteiger partial charge in [0, 0.05) is 12.0 Å². The predicted octanol–water partition coefficient (Wildman–Crippen LogP) is 3.96. The molecule has 1 heterocycles. The molecule has 3 heteroatoms. The summed E-state index contributed by atoms with van der Waals surface area (Å²) in [7, 11) is 0. The molecule has 0 saturated carbocycles. The molecule has 0 aliphatic carbocycles. The Morgan fingerprint density at radius 2 is 1.95 bits per heavy atom. The Morgan fingerprint density at radius 1 is 1.24 bits per heavy atom. The smallest absolute Gasteiger partial charge is 0.197 e. The lowest BCUT2D eigenvalue weighted by Crippen LogP contribution is -2.37. The molecule has 0 aromatic heterocycles. The van der Waals surface area contributed by atoms with Crippen LogP contribution in [0.5, 0.6) is 0 Å². The topological polar surface area (TPSA) is 27.7 Å². The molecule has 21 heavy (non-hydrogen) atoms. The van der Waals surface area contributed by atoms with E-state index in [0.29, 0.717) is 26.2 Å². The molecule has 0 aromatic rings. The third-order valence-corrected chi connectivity index (χ3v) is 3.21. The molecule has 1 aliphatic rings. The standard InChI is InChI=1S/C18H26O3/c1-5-9-16(10-6-2)18(20-13-14-21-18)15-17(11-7-3)19-12-8-4/h5-10,17H,1,3-4,11-15H2,2H3/b10-6-,16-9+. The summed E-state index contributed by atoms with van der Waals surface area (Å²) >= 11 is 0. The van der Waals surface area contributed by atoms with Gasteiger partial charge < -0.3 is 14.2 Å². The Hall–Kier alpha value is -1.42. The van der Waals surface area contributed by atoms with Crippen molar-refractivity contribution in [3.05, 3.63) is 61.8 Å². The summed E-state index contributed by atoms with van der Waals surface area (Å²) in [5.41, 5.74) is 0.953. The van der Waals surface area contributed by atoms with E-state index in [1.165, 1.54) is 0 Å². The Kier molecular flexibility index (Phi) is 7.98. The SMILES string of the molecule is C=C/C=C(\C=C/C)C1(CC(CC=C)OCC=C)OCCO1. The molecule has 1 atom stereocenters. The summed E-state index contributed by atoms with van der Waals surface area (Å²) < 4.78 is 17.7. The molecule has 1 rings (SSSR count). The minimum Gasteiger partial charge on any atom is -0.374 e. The van der Waals surface area contributed by atoms with E-state index in [1.54, 1.807) is 12.2 Å². The molecule has 1 unspecified atom stereocenters. The molecule has 1 aliphatic heterocycles. The Bertz CT molecular complexity index is 401. The van der Waals surface area contributed by atoms with E-state index in [0.717, 1.165) is 12.0 Å². The van der Waals surface area contributed by atoms with Crippen molar-refractivity contribution in [3.8, 4) is 0 Å². The van der Waals surface area contributed by atoms with Crippen molar-refractivity contribution in [1.29, 1.82) is 0 Å². The van der Waals surface area contributed by atoms with Gasteiger partial charge in [0.25, 0.3) is 0 Å². The number of ether oxygens (including phenoxy) is 3. The first kappa shape index (κ1) is 17.6. The quantitative estimate of drug-likeness (QED) is 0.450. The summed E-state index contributed by atoms with van der Waals surface area (Å²) in [6.07, 6.45) is 12.5. The van der Waals surface area contributed by atoms with Gasteiger partial charge in [-0.05, 0) is 13.3 Å². The molecule has 0 amide bonds. The Labute approximate surface area is 128 Å². The third-order valence-electron chi connectivity index (χ3n) is 3.21. The molecule has 116 valence electrons. The molecule has 0 N–H and O–H groups in total. The van der Waals surface area contributed by atoms with Crippen LogP contribution in [0.4, 0.5) is 0 Å². The van der Waals surface area contributed by atoms with E-state index in [2.05, 4.69) is 19.7 Å². The number of hydrogen-bond acceptors (Lipinski definition) is 3. The maximum absolute atomic E-state index is 5.93. The van der Waals surface area contributed by atoms with Crippen molar-refractivity contribution in [3.63, 3.8) is 0 Å². The van der Waals surface area contributed by atoms with E-state index in [-0.39, 0.29) is 6.10 Å². The zero-order valence-electron chi connectivity index (χ0n) is 12.9. The van der Waals surface area contributed by atoms with Crippen molar-refractivity contribution >= 4 is 0 Å². The van der Waals surface area contributed by atoms with Gasteiger partial charge in [-0.2, -0.15) is 0 Å². The van der Waals surface area contributed by atoms with Gasteiger partial charge in [0.05, 0.1) is 25.9 Å². The fraction of sp³-hybridized carbons (Fsp3) is 0.444. The van der Waals surface area contributed by atoms with Crippen LogP contribution >= 0.6 is 0 Å². The number of allylic oxidation sites excluding steroid dienone is 3. The molecular weight excluding hydrogens is 264 g/mol. The largest absolute Gasteiger partial charge is 0.374 e. The van der Waals surface area contributed by atoms with Gasteiger partial charge in [0.15, 0.2) is 5.79 Å². The molecule has 1 fully saturated rings. The average Bonchev–Trinajstić information content (AvgIpc) is 2.94. The molecule has 1 saturated heterocycles. The molecule has 0 aromatic carbocycles. The average molecular weight is 290 g/mol. The van der Waals surface area contributed by atoms with Gasteiger partial charge in [-0.3, -0.25) is 0 Å². The van der Waals surface area contributed by atoms with Crippen molar-refractivity contribution in [1.82, 2.24) is 0 Å². The first-order valence-electron chi connectivity index (χ1n) is 7.29. The monoisotopic (exact) mass is 290 g/mol. The molecule has 0 spiro atoms. The highest BCUT2D eigenvalue weighted by atomic mass is 16.7. The van der Waals surface area contributed by atoms with Crippen LogP contribution in [-0.4, -0.2) is 31.7 Å². The van der Waals surface area contributed by atoms with Crippen LogP contribution < -0.4 is 0 Å². The minimum atomic E-state index is -0.768. The Balaban J connectivity index is 2.96. The second-order valence-electron chi connectivity index (χ2n) is 4.78. The fourth-order valence-electron chi connectivity index (χ4n) is 2.37. The van der Waals surface area contributed by atoms with Gasteiger partial charge in [-0.1, -0.05) is 43.0 Å². The highest BCUT2D eigenvalue weighted by molar-refractivity contribution is 5.30. The van der Waals surface area contributed by atoms with Gasteiger partial charge in [0.2, 0.25) is 0 Å². The second-order valence-corrected chi connectivity index (χ2v) is 4.78. The summed E-state index contributed by atoms with van der Waals surface area (Å²) in [6, 6.07) is 0. The highest BCUT2D eigenvalue weighted by Crippen LogP contribution is 2.35. The Morgan fingerprint density at radius 3 is 2.48 bits per heavy atom. The van der Waals surface area contributed by atoms with E-state index in [4.69, 9.17) is 14.2 Å². The van der Waals surface area contributed by atoms with Crippen LogP contribution in [0.25, 0.3) is 0 Å². The lowest BCUT2D eigenvalue weighted by Gasteiger charge is -2.32. The summed E-state index contributed by atoms with van der Waals surface area (Å²) in [5.74, 6) is -0.768. The second kappa shape index (κ2) is 9.50. The maximum Gasteiger partial charge on any atom is 0.197 e. The molecule has 0 bridgehead atoms. The predicted molar refractivity (Wildman–Crippen MR) is 87.1 cm³/mol. The summed E-state index contributed by atoms with van der Waals surface area (Å²) in [4.78, 5) is 0. The normalized spacial score (nSPS) is 19.6. The van der Waals surface area contributed by atoms with Crippen molar-refractivity contribution in [2.45, 2.75) is 31.7 Å². The third kappa shape index (κ3) is 5.12. The zero-order valence-corrected chi connectivity index (χ0v) is 12.9. The maximum atomic E-state index is 5.93. The highest BCUT2D eigenvalue weighted by Gasteiger charge is 2.41. The molecule has 3 nitrogen and oxygen atoms in total. The van der Waals surface area contributed by atoms with Gasteiger partial charge in [-0.25, -0.2) is 0 Å². The van der Waals surface area contributed by atoms with Gasteiger partial charge in [-0.15, -0.1) is 13.2 Å². The van der Waals surface area contributed by atoms with E-state index in [9.17, 15) is 0 Å². The van der Waals surface area contributed by atoms with Crippen LogP contribution in [0.3, 0.4) is 0 Å². The number of hydrogen-bond donors (Lipinski definition) is 0. The first-order chi connectivity index (χ1) is 10.2. The fourth-order valence-corrected chi connectivity index (χ4v) is 2.37. The molecular formula is C18H26O3. The molecule has 0 radical (unpaired) electrons. The first-order valence-corrected chi connectivity index (χ1v) is 7.29. The van der Waals surface area contributed by atoms with Crippen LogP contribution in [0, 0.1) is 0 Å². The minimum absolute atomic E-state index is 0.0305. The van der Waals surface area contributed by atoms with Gasteiger partial charge in [0.1, 0.15) is 0 Å². The lowest BCUT2D eigenvalue weighted by molar-refractivity contribution is -0.150. The van der Waals surface area contributed by atoms with E-state index >= 15 is 0 Å². The lowest BCUT2D eigenvalue weighted by atomic mass is 9.96. The van der Waals surface area contributed by atoms with Crippen LogP contribution in [0.2, 0.25) is 0 Å². The van der Waals surface area contributed by atoms with Gasteiger partial charge >= 0.3 is 0 Å². The van der Waals surface area contributed by atoms with Crippen LogP contribution in [0.15, 0.2) is 61.8 Å². The van der Waals surface area contributed by atoms with Crippen LogP contribution in [-0.2, 0) is 14.2 Å². The summed E-state index contributed by atoms with van der Waals surface area (Å²) in [5, 5.41) is 0. The van der Waals surface area contributed by atoms with E-state index in [1.807, 2.05) is 31.2 Å². The summed E-state index contributed by atoms with van der Waals surface area (Å²) in [6.45, 7) is 14.9.